The molecule has 3 nitrogen and oxygen atoms in total. The molecule has 2 fully saturated rings. The van der Waals surface area contributed by atoms with E-state index in [4.69, 9.17) is 0 Å². The Morgan fingerprint density at radius 1 is 1.33 bits per heavy atom. The number of nitrogens with one attached hydrogen (secondary N) is 1. The van der Waals surface area contributed by atoms with Gasteiger partial charge in [0.25, 0.3) is 0 Å². The van der Waals surface area contributed by atoms with Crippen molar-refractivity contribution in [1.29, 1.82) is 0 Å². The van der Waals surface area contributed by atoms with Crippen molar-refractivity contribution in [2.45, 2.75) is 38.6 Å². The van der Waals surface area contributed by atoms with Gasteiger partial charge in [-0.3, -0.25) is 4.79 Å². The van der Waals surface area contributed by atoms with E-state index in [0.717, 1.165) is 32.5 Å². The van der Waals surface area contributed by atoms with E-state index < -0.39 is 0 Å². The summed E-state index contributed by atoms with van der Waals surface area (Å²) in [6, 6.07) is 0.125. The van der Waals surface area contributed by atoms with E-state index in [1.165, 1.54) is 12.8 Å². The minimum absolute atomic E-state index is 0. The fraction of sp³-hybridized carbons (Fsp3) is 0.909. The molecule has 0 aromatic heterocycles. The molecule has 0 saturated carbocycles. The number of hydrogen-bond donors (Lipinski definition) is 1. The second kappa shape index (κ2) is 5.71. The number of amides is 1. The van der Waals surface area contributed by atoms with Crippen molar-refractivity contribution in [2.75, 3.05) is 19.6 Å². The molecule has 2 saturated heterocycles. The lowest BCUT2D eigenvalue weighted by Crippen LogP contribution is -2.47. The number of carbonyl (C=O) groups is 1. The van der Waals surface area contributed by atoms with Crippen LogP contribution in [-0.4, -0.2) is 36.5 Å². The molecule has 2 aliphatic rings. The zero-order valence-corrected chi connectivity index (χ0v) is 10.2. The van der Waals surface area contributed by atoms with Crippen LogP contribution in [-0.2, 0) is 4.79 Å². The van der Waals surface area contributed by atoms with E-state index in [1.54, 1.807) is 0 Å². The lowest BCUT2D eigenvalue weighted by atomic mass is 9.99. The number of halogens is 1. The average Bonchev–Trinajstić information content (AvgIpc) is 2.69. The molecule has 0 bridgehead atoms. The predicted molar refractivity (Wildman–Crippen MR) is 63.3 cm³/mol. The molecule has 0 radical (unpaired) electrons. The third kappa shape index (κ3) is 3.08. The Hall–Kier alpha value is -0.280. The molecule has 88 valence electrons. The number of hydrogen-bond acceptors (Lipinski definition) is 2. The van der Waals surface area contributed by atoms with Crippen molar-refractivity contribution >= 4 is 18.3 Å². The molecule has 2 rings (SSSR count). The summed E-state index contributed by atoms with van der Waals surface area (Å²) in [6.07, 6.45) is 4.64. The summed E-state index contributed by atoms with van der Waals surface area (Å²) in [7, 11) is 0. The van der Waals surface area contributed by atoms with Crippen LogP contribution in [0.5, 0.6) is 0 Å². The summed E-state index contributed by atoms with van der Waals surface area (Å²) in [5, 5.41) is 3.28. The Kier molecular flexibility index (Phi) is 4.87. The number of rotatable bonds is 1. The highest BCUT2D eigenvalue weighted by Gasteiger charge is 2.28. The van der Waals surface area contributed by atoms with Gasteiger partial charge in [-0.1, -0.05) is 6.92 Å². The largest absolute Gasteiger partial charge is 0.341 e. The molecule has 0 aromatic rings. The number of carbonyl (C=O) groups excluding carboxylic acids is 1. The number of piperidine rings is 1. The maximum Gasteiger partial charge on any atom is 0.239 e. The predicted octanol–water partition coefficient (Wildman–Crippen LogP) is 1.42. The van der Waals surface area contributed by atoms with E-state index in [-0.39, 0.29) is 18.4 Å². The van der Waals surface area contributed by atoms with Crippen molar-refractivity contribution < 1.29 is 4.79 Å². The smallest absolute Gasteiger partial charge is 0.239 e. The van der Waals surface area contributed by atoms with E-state index in [9.17, 15) is 4.79 Å². The molecule has 0 aliphatic carbocycles. The van der Waals surface area contributed by atoms with E-state index in [2.05, 4.69) is 17.1 Å². The SMILES string of the molecule is CC1CCCN(C(=O)[C@@H]2CCCN2)C1.Cl. The van der Waals surface area contributed by atoms with Gasteiger partial charge in [-0.25, -0.2) is 0 Å². The van der Waals surface area contributed by atoms with Crippen LogP contribution in [0.25, 0.3) is 0 Å². The Morgan fingerprint density at radius 3 is 2.73 bits per heavy atom. The molecule has 2 aliphatic heterocycles. The second-order valence-corrected chi connectivity index (χ2v) is 4.68. The van der Waals surface area contributed by atoms with Crippen molar-refractivity contribution in [1.82, 2.24) is 10.2 Å². The minimum atomic E-state index is 0. The fourth-order valence-electron chi connectivity index (χ4n) is 2.51. The van der Waals surface area contributed by atoms with Crippen LogP contribution in [0, 0.1) is 5.92 Å². The average molecular weight is 233 g/mol. The summed E-state index contributed by atoms with van der Waals surface area (Å²) in [5.41, 5.74) is 0. The summed E-state index contributed by atoms with van der Waals surface area (Å²) in [4.78, 5) is 14.1. The molecule has 0 aromatic carbocycles. The van der Waals surface area contributed by atoms with Gasteiger partial charge >= 0.3 is 0 Å². The molecule has 1 amide bonds. The van der Waals surface area contributed by atoms with Gasteiger partial charge in [-0.05, 0) is 38.1 Å². The van der Waals surface area contributed by atoms with Crippen LogP contribution in [0.1, 0.15) is 32.6 Å². The molecule has 4 heteroatoms. The fourth-order valence-corrected chi connectivity index (χ4v) is 2.51. The lowest BCUT2D eigenvalue weighted by Gasteiger charge is -2.32. The topological polar surface area (TPSA) is 32.3 Å². The number of likely N-dealkylation sites (tertiary alicyclic amines) is 1. The molecule has 1 N–H and O–H groups in total. The van der Waals surface area contributed by atoms with E-state index in [1.807, 2.05) is 0 Å². The van der Waals surface area contributed by atoms with Crippen LogP contribution in [0.2, 0.25) is 0 Å². The minimum Gasteiger partial charge on any atom is -0.341 e. The Bertz CT molecular complexity index is 217. The summed E-state index contributed by atoms with van der Waals surface area (Å²) in [6.45, 7) is 5.19. The van der Waals surface area contributed by atoms with Gasteiger partial charge in [-0.2, -0.15) is 0 Å². The third-order valence-corrected chi connectivity index (χ3v) is 3.33. The highest BCUT2D eigenvalue weighted by molar-refractivity contribution is 5.85. The normalized spacial score (nSPS) is 31.1. The van der Waals surface area contributed by atoms with E-state index >= 15 is 0 Å². The first-order valence-electron chi connectivity index (χ1n) is 5.79. The van der Waals surface area contributed by atoms with Gasteiger partial charge in [-0.15, -0.1) is 12.4 Å². The van der Waals surface area contributed by atoms with Crippen LogP contribution < -0.4 is 5.32 Å². The number of nitrogens with zero attached hydrogens (tertiary/aromatic N) is 1. The van der Waals surface area contributed by atoms with E-state index in [0.29, 0.717) is 11.8 Å². The Morgan fingerprint density at radius 2 is 2.13 bits per heavy atom. The van der Waals surface area contributed by atoms with Crippen LogP contribution >= 0.6 is 12.4 Å². The molecular formula is C11H21ClN2O. The molecular weight excluding hydrogens is 212 g/mol. The molecule has 0 spiro atoms. The van der Waals surface area contributed by atoms with Gasteiger partial charge in [0.1, 0.15) is 0 Å². The zero-order valence-electron chi connectivity index (χ0n) is 9.37. The first-order chi connectivity index (χ1) is 6.77. The van der Waals surface area contributed by atoms with Gasteiger partial charge in [0.2, 0.25) is 5.91 Å². The monoisotopic (exact) mass is 232 g/mol. The lowest BCUT2D eigenvalue weighted by molar-refractivity contribution is -0.134. The summed E-state index contributed by atoms with van der Waals surface area (Å²) >= 11 is 0. The van der Waals surface area contributed by atoms with Crippen molar-refractivity contribution in [3.05, 3.63) is 0 Å². The molecule has 2 atom stereocenters. The van der Waals surface area contributed by atoms with Gasteiger partial charge < -0.3 is 10.2 Å². The first kappa shape index (κ1) is 12.8. The first-order valence-corrected chi connectivity index (χ1v) is 5.79. The third-order valence-electron chi connectivity index (χ3n) is 3.33. The maximum atomic E-state index is 12.0. The maximum absolute atomic E-state index is 12.0. The summed E-state index contributed by atoms with van der Waals surface area (Å²) in [5.74, 6) is 1.03. The zero-order chi connectivity index (χ0) is 9.97. The van der Waals surface area contributed by atoms with Crippen molar-refractivity contribution in [3.63, 3.8) is 0 Å². The molecule has 15 heavy (non-hydrogen) atoms. The highest BCUT2D eigenvalue weighted by Crippen LogP contribution is 2.18. The van der Waals surface area contributed by atoms with Gasteiger partial charge in [0.05, 0.1) is 6.04 Å². The van der Waals surface area contributed by atoms with Crippen molar-refractivity contribution in [2.24, 2.45) is 5.92 Å². The highest BCUT2D eigenvalue weighted by atomic mass is 35.5. The van der Waals surface area contributed by atoms with Gasteiger partial charge in [0, 0.05) is 13.1 Å². The molecule has 2 heterocycles. The van der Waals surface area contributed by atoms with Crippen LogP contribution in [0.3, 0.4) is 0 Å². The summed E-state index contributed by atoms with van der Waals surface area (Å²) < 4.78 is 0. The Balaban J connectivity index is 0.00000112. The standard InChI is InChI=1S/C11H20N2O.ClH/c1-9-4-3-7-13(8-9)11(14)10-5-2-6-12-10;/h9-10,12H,2-8H2,1H3;1H/t9?,10-;/m0./s1. The Labute approximate surface area is 98.0 Å². The second-order valence-electron chi connectivity index (χ2n) is 4.68. The van der Waals surface area contributed by atoms with Crippen LogP contribution in [0.4, 0.5) is 0 Å². The quantitative estimate of drug-likeness (QED) is 0.742. The van der Waals surface area contributed by atoms with Gasteiger partial charge in [0.15, 0.2) is 0 Å². The molecule has 1 unspecified atom stereocenters. The van der Waals surface area contributed by atoms with Crippen LogP contribution in [0.15, 0.2) is 0 Å². The van der Waals surface area contributed by atoms with Crippen molar-refractivity contribution in [3.8, 4) is 0 Å².